The van der Waals surface area contributed by atoms with Crippen LogP contribution in [-0.2, 0) is 11.2 Å². The Bertz CT molecular complexity index is 1080. The topological polar surface area (TPSA) is 48.0 Å². The highest BCUT2D eigenvalue weighted by Gasteiger charge is 2.34. The Labute approximate surface area is 191 Å². The molecule has 0 N–H and O–H groups in total. The second kappa shape index (κ2) is 9.20. The van der Waals surface area contributed by atoms with Crippen LogP contribution in [0.15, 0.2) is 47.8 Å². The number of benzene rings is 2. The molecule has 0 aliphatic carbocycles. The molecule has 1 aromatic heterocycles. The SMILES string of the molecule is COc1cc2c(cc1OC)[C@@H](c1cccs1)N(C(=O)COc1ccc(Cl)c(C)c1)CC2. The maximum Gasteiger partial charge on any atom is 0.261 e. The van der Waals surface area contributed by atoms with E-state index in [0.717, 1.165) is 28.0 Å². The molecule has 1 atom stereocenters. The summed E-state index contributed by atoms with van der Waals surface area (Å²) >= 11 is 7.72. The highest BCUT2D eigenvalue weighted by molar-refractivity contribution is 7.10. The van der Waals surface area contributed by atoms with Gasteiger partial charge in [-0.1, -0.05) is 17.7 Å². The van der Waals surface area contributed by atoms with Crippen LogP contribution < -0.4 is 14.2 Å². The molecule has 5 nitrogen and oxygen atoms in total. The van der Waals surface area contributed by atoms with Gasteiger partial charge in [-0.25, -0.2) is 0 Å². The molecule has 162 valence electrons. The van der Waals surface area contributed by atoms with Gasteiger partial charge in [-0.3, -0.25) is 4.79 Å². The van der Waals surface area contributed by atoms with Crippen molar-refractivity contribution in [1.29, 1.82) is 0 Å². The van der Waals surface area contributed by atoms with Crippen molar-refractivity contribution in [2.45, 2.75) is 19.4 Å². The number of aryl methyl sites for hydroxylation is 1. The van der Waals surface area contributed by atoms with Crippen LogP contribution in [0.4, 0.5) is 0 Å². The molecular weight excluding hydrogens is 434 g/mol. The number of carbonyl (C=O) groups is 1. The molecule has 1 amide bonds. The minimum Gasteiger partial charge on any atom is -0.493 e. The van der Waals surface area contributed by atoms with E-state index < -0.39 is 0 Å². The molecule has 0 bridgehead atoms. The van der Waals surface area contributed by atoms with Gasteiger partial charge < -0.3 is 19.1 Å². The van der Waals surface area contributed by atoms with E-state index in [0.29, 0.717) is 28.8 Å². The first-order valence-corrected chi connectivity index (χ1v) is 11.2. The Kier molecular flexibility index (Phi) is 6.39. The maximum atomic E-state index is 13.2. The number of halogens is 1. The van der Waals surface area contributed by atoms with Crippen LogP contribution in [0.5, 0.6) is 17.2 Å². The van der Waals surface area contributed by atoms with E-state index in [1.807, 2.05) is 41.5 Å². The predicted octanol–water partition coefficient (Wildman–Crippen LogP) is 5.28. The molecule has 31 heavy (non-hydrogen) atoms. The summed E-state index contributed by atoms with van der Waals surface area (Å²) in [5.41, 5.74) is 3.13. The standard InChI is InChI=1S/C24H24ClNO4S/c1-15-11-17(6-7-19(15)25)30-14-23(27)26-9-8-16-12-20(28-2)21(29-3)13-18(16)24(26)22-5-4-10-31-22/h4-7,10-13,24H,8-9,14H2,1-3H3/t24-/m0/s1. The first kappa shape index (κ1) is 21.5. The number of carbonyl (C=O) groups excluding carboxylic acids is 1. The van der Waals surface area contributed by atoms with Crippen LogP contribution in [0.1, 0.15) is 27.6 Å². The van der Waals surface area contributed by atoms with E-state index in [1.165, 1.54) is 0 Å². The van der Waals surface area contributed by atoms with E-state index in [2.05, 4.69) is 6.07 Å². The van der Waals surface area contributed by atoms with Gasteiger partial charge in [0, 0.05) is 16.4 Å². The zero-order valence-corrected chi connectivity index (χ0v) is 19.3. The number of hydrogen-bond acceptors (Lipinski definition) is 5. The summed E-state index contributed by atoms with van der Waals surface area (Å²) in [6.07, 6.45) is 0.739. The molecule has 0 unspecified atom stereocenters. The van der Waals surface area contributed by atoms with Crippen LogP contribution in [-0.4, -0.2) is 38.2 Å². The van der Waals surface area contributed by atoms with Gasteiger partial charge >= 0.3 is 0 Å². The largest absolute Gasteiger partial charge is 0.493 e. The number of ether oxygens (including phenoxy) is 3. The first-order valence-electron chi connectivity index (χ1n) is 9.98. The molecule has 0 fully saturated rings. The minimum absolute atomic E-state index is 0.0361. The highest BCUT2D eigenvalue weighted by atomic mass is 35.5. The molecule has 4 rings (SSSR count). The fourth-order valence-corrected chi connectivity index (χ4v) is 4.88. The monoisotopic (exact) mass is 457 g/mol. The zero-order valence-electron chi connectivity index (χ0n) is 17.7. The molecule has 0 radical (unpaired) electrons. The lowest BCUT2D eigenvalue weighted by molar-refractivity contribution is -0.135. The van der Waals surface area contributed by atoms with Crippen molar-refractivity contribution < 1.29 is 19.0 Å². The van der Waals surface area contributed by atoms with Crippen molar-refractivity contribution in [3.05, 3.63) is 74.4 Å². The molecule has 0 saturated carbocycles. The van der Waals surface area contributed by atoms with Crippen molar-refractivity contribution >= 4 is 28.8 Å². The third kappa shape index (κ3) is 4.36. The Morgan fingerprint density at radius 3 is 2.61 bits per heavy atom. The summed E-state index contributed by atoms with van der Waals surface area (Å²) in [6, 6.07) is 13.3. The summed E-state index contributed by atoms with van der Waals surface area (Å²) < 4.78 is 16.8. The van der Waals surface area contributed by atoms with Gasteiger partial charge in [0.25, 0.3) is 5.91 Å². The zero-order chi connectivity index (χ0) is 22.0. The lowest BCUT2D eigenvalue weighted by Crippen LogP contribution is -2.42. The van der Waals surface area contributed by atoms with Crippen molar-refractivity contribution in [2.24, 2.45) is 0 Å². The third-order valence-electron chi connectivity index (χ3n) is 5.50. The summed E-state index contributed by atoms with van der Waals surface area (Å²) in [5, 5.41) is 2.70. The van der Waals surface area contributed by atoms with E-state index in [4.69, 9.17) is 25.8 Å². The fourth-order valence-electron chi connectivity index (χ4n) is 3.90. The number of amides is 1. The van der Waals surface area contributed by atoms with Gasteiger partial charge in [0.1, 0.15) is 5.75 Å². The number of methoxy groups -OCH3 is 2. The van der Waals surface area contributed by atoms with E-state index in [1.54, 1.807) is 37.7 Å². The molecule has 1 aliphatic heterocycles. The number of fused-ring (bicyclic) bond motifs is 1. The first-order chi connectivity index (χ1) is 15.0. The van der Waals surface area contributed by atoms with Crippen molar-refractivity contribution in [1.82, 2.24) is 4.90 Å². The van der Waals surface area contributed by atoms with Crippen molar-refractivity contribution in [2.75, 3.05) is 27.4 Å². The summed E-state index contributed by atoms with van der Waals surface area (Å²) in [5.74, 6) is 1.93. The van der Waals surface area contributed by atoms with Crippen molar-refractivity contribution in [3.63, 3.8) is 0 Å². The molecule has 2 aromatic carbocycles. The van der Waals surface area contributed by atoms with Crippen LogP contribution in [0.2, 0.25) is 5.02 Å². The Hall–Kier alpha value is -2.70. The van der Waals surface area contributed by atoms with Crippen LogP contribution in [0, 0.1) is 6.92 Å². The number of rotatable bonds is 6. The van der Waals surface area contributed by atoms with E-state index in [9.17, 15) is 4.79 Å². The predicted molar refractivity (Wildman–Crippen MR) is 123 cm³/mol. The van der Waals surface area contributed by atoms with Gasteiger partial charge in [-0.2, -0.15) is 0 Å². The average Bonchev–Trinajstić information content (AvgIpc) is 3.32. The molecule has 0 spiro atoms. The summed E-state index contributed by atoms with van der Waals surface area (Å²) in [7, 11) is 3.26. The lowest BCUT2D eigenvalue weighted by atomic mass is 9.90. The average molecular weight is 458 g/mol. The quantitative estimate of drug-likeness (QED) is 0.505. The number of thiophene rings is 1. The molecule has 7 heteroatoms. The molecular formula is C24H24ClNO4S. The summed E-state index contributed by atoms with van der Waals surface area (Å²) in [4.78, 5) is 16.2. The molecule has 1 aliphatic rings. The normalized spacial score (nSPS) is 15.4. The number of nitrogens with zero attached hydrogens (tertiary/aromatic N) is 1. The van der Waals surface area contributed by atoms with Gasteiger partial charge in [0.2, 0.25) is 0 Å². The van der Waals surface area contributed by atoms with E-state index >= 15 is 0 Å². The van der Waals surface area contributed by atoms with Gasteiger partial charge in [-0.15, -0.1) is 11.3 Å². The highest BCUT2D eigenvalue weighted by Crippen LogP contribution is 2.42. The van der Waals surface area contributed by atoms with Gasteiger partial charge in [0.15, 0.2) is 18.1 Å². The molecule has 2 heterocycles. The Balaban J connectivity index is 1.63. The summed E-state index contributed by atoms with van der Waals surface area (Å²) in [6.45, 7) is 2.48. The smallest absolute Gasteiger partial charge is 0.261 e. The second-order valence-electron chi connectivity index (χ2n) is 7.36. The van der Waals surface area contributed by atoms with Gasteiger partial charge in [0.05, 0.1) is 20.3 Å². The van der Waals surface area contributed by atoms with Gasteiger partial charge in [-0.05, 0) is 71.8 Å². The Morgan fingerprint density at radius 1 is 1.16 bits per heavy atom. The molecule has 0 saturated heterocycles. The Morgan fingerprint density at radius 2 is 1.94 bits per heavy atom. The number of hydrogen-bond donors (Lipinski definition) is 0. The van der Waals surface area contributed by atoms with Crippen molar-refractivity contribution in [3.8, 4) is 17.2 Å². The van der Waals surface area contributed by atoms with Crippen LogP contribution in [0.25, 0.3) is 0 Å². The fraction of sp³-hybridized carbons (Fsp3) is 0.292. The minimum atomic E-state index is -0.188. The lowest BCUT2D eigenvalue weighted by Gasteiger charge is -2.37. The third-order valence-corrected chi connectivity index (χ3v) is 6.85. The second-order valence-corrected chi connectivity index (χ2v) is 8.75. The van der Waals surface area contributed by atoms with Crippen LogP contribution in [0.3, 0.4) is 0 Å². The maximum absolute atomic E-state index is 13.2. The van der Waals surface area contributed by atoms with Crippen LogP contribution >= 0.6 is 22.9 Å². The van der Waals surface area contributed by atoms with E-state index in [-0.39, 0.29) is 18.6 Å². The molecule has 3 aromatic rings.